The molecule has 3 unspecified atom stereocenters. The average molecular weight is 328 g/mol. The molecule has 0 amide bonds. The summed E-state index contributed by atoms with van der Waals surface area (Å²) in [7, 11) is -3.77. The van der Waals surface area contributed by atoms with Gasteiger partial charge >= 0.3 is 11.9 Å². The Kier molecular flexibility index (Phi) is 6.78. The van der Waals surface area contributed by atoms with E-state index in [4.69, 9.17) is 5.11 Å². The summed E-state index contributed by atoms with van der Waals surface area (Å²) in [6.45, 7) is 1.65. The molecule has 7 heteroatoms. The summed E-state index contributed by atoms with van der Waals surface area (Å²) < 4.78 is 12.6. The SMILES string of the molecule is CCC(C(CCC(=O)O)C(=O)O)P(=O)(O)Cc1ccccc1. The van der Waals surface area contributed by atoms with Gasteiger partial charge in [0.25, 0.3) is 0 Å². The molecule has 0 saturated heterocycles. The Morgan fingerprint density at radius 1 is 1.18 bits per heavy atom. The Labute approximate surface area is 129 Å². The van der Waals surface area contributed by atoms with E-state index in [1.807, 2.05) is 0 Å². The second kappa shape index (κ2) is 8.11. The van der Waals surface area contributed by atoms with Crippen LogP contribution in [0.25, 0.3) is 0 Å². The highest BCUT2D eigenvalue weighted by Gasteiger charge is 2.39. The molecule has 3 N–H and O–H groups in total. The van der Waals surface area contributed by atoms with Gasteiger partial charge in [0.05, 0.1) is 5.92 Å². The van der Waals surface area contributed by atoms with Crippen LogP contribution in [-0.2, 0) is 20.3 Å². The van der Waals surface area contributed by atoms with Crippen molar-refractivity contribution in [1.29, 1.82) is 0 Å². The smallest absolute Gasteiger partial charge is 0.307 e. The van der Waals surface area contributed by atoms with E-state index in [-0.39, 0.29) is 25.4 Å². The van der Waals surface area contributed by atoms with Gasteiger partial charge in [0.2, 0.25) is 7.37 Å². The van der Waals surface area contributed by atoms with Crippen molar-refractivity contribution in [1.82, 2.24) is 0 Å². The molecule has 0 saturated carbocycles. The molecular weight excluding hydrogens is 307 g/mol. The lowest BCUT2D eigenvalue weighted by atomic mass is 9.97. The molecule has 22 heavy (non-hydrogen) atoms. The molecule has 0 aliphatic carbocycles. The van der Waals surface area contributed by atoms with Crippen LogP contribution in [0.1, 0.15) is 31.7 Å². The van der Waals surface area contributed by atoms with E-state index < -0.39 is 30.9 Å². The molecule has 0 fully saturated rings. The highest BCUT2D eigenvalue weighted by molar-refractivity contribution is 7.58. The predicted molar refractivity (Wildman–Crippen MR) is 82.0 cm³/mol. The number of benzene rings is 1. The van der Waals surface area contributed by atoms with Crippen LogP contribution in [0, 0.1) is 5.92 Å². The molecule has 1 aromatic carbocycles. The van der Waals surface area contributed by atoms with E-state index in [0.717, 1.165) is 0 Å². The van der Waals surface area contributed by atoms with Gasteiger partial charge in [-0.1, -0.05) is 37.3 Å². The van der Waals surface area contributed by atoms with Crippen LogP contribution >= 0.6 is 7.37 Å². The summed E-state index contributed by atoms with van der Waals surface area (Å²) in [5.41, 5.74) is -0.293. The predicted octanol–water partition coefficient (Wildman–Crippen LogP) is 2.80. The van der Waals surface area contributed by atoms with Crippen molar-refractivity contribution in [2.75, 3.05) is 0 Å². The summed E-state index contributed by atoms with van der Waals surface area (Å²) in [5.74, 6) is -3.48. The molecule has 0 bridgehead atoms. The van der Waals surface area contributed by atoms with Crippen molar-refractivity contribution in [3.8, 4) is 0 Å². The van der Waals surface area contributed by atoms with Crippen LogP contribution in [0.4, 0.5) is 0 Å². The number of carboxylic acids is 2. The minimum atomic E-state index is -3.77. The summed E-state index contributed by atoms with van der Waals surface area (Å²) in [6.07, 6.45) is -0.387. The fourth-order valence-electron chi connectivity index (χ4n) is 2.57. The second-order valence-corrected chi connectivity index (χ2v) is 7.74. The zero-order valence-electron chi connectivity index (χ0n) is 12.4. The summed E-state index contributed by atoms with van der Waals surface area (Å²) in [4.78, 5) is 32.4. The quantitative estimate of drug-likeness (QED) is 0.601. The molecule has 3 atom stereocenters. The molecule has 1 rings (SSSR count). The first-order valence-corrected chi connectivity index (χ1v) is 8.99. The average Bonchev–Trinajstić information content (AvgIpc) is 2.43. The van der Waals surface area contributed by atoms with Crippen LogP contribution in [-0.4, -0.2) is 32.7 Å². The standard InChI is InChI=1S/C15H21O6P/c1-2-13(12(15(18)19)8-9-14(16)17)22(20,21)10-11-6-4-3-5-7-11/h3-7,12-13H,2,8-10H2,1H3,(H,16,17)(H,18,19)(H,20,21). The molecule has 122 valence electrons. The monoisotopic (exact) mass is 328 g/mol. The highest BCUT2D eigenvalue weighted by Crippen LogP contribution is 2.54. The molecule has 0 heterocycles. The van der Waals surface area contributed by atoms with E-state index in [1.54, 1.807) is 37.3 Å². The van der Waals surface area contributed by atoms with Crippen LogP contribution in [0.15, 0.2) is 30.3 Å². The highest BCUT2D eigenvalue weighted by atomic mass is 31.2. The Balaban J connectivity index is 2.96. The zero-order chi connectivity index (χ0) is 16.8. The molecule has 6 nitrogen and oxygen atoms in total. The van der Waals surface area contributed by atoms with Gasteiger partial charge in [0, 0.05) is 18.2 Å². The third kappa shape index (κ3) is 5.28. The lowest BCUT2D eigenvalue weighted by molar-refractivity contribution is -0.143. The lowest BCUT2D eigenvalue weighted by Crippen LogP contribution is -2.29. The van der Waals surface area contributed by atoms with Gasteiger partial charge in [-0.05, 0) is 18.4 Å². The summed E-state index contributed by atoms with van der Waals surface area (Å²) in [6, 6.07) is 8.70. The van der Waals surface area contributed by atoms with E-state index in [0.29, 0.717) is 5.56 Å². The topological polar surface area (TPSA) is 112 Å². The Morgan fingerprint density at radius 2 is 1.77 bits per heavy atom. The summed E-state index contributed by atoms with van der Waals surface area (Å²) in [5, 5.41) is 18.0. The van der Waals surface area contributed by atoms with Crippen LogP contribution in [0.5, 0.6) is 0 Å². The first-order valence-electron chi connectivity index (χ1n) is 7.08. The Bertz CT molecular complexity index is 556. The van der Waals surface area contributed by atoms with Crippen molar-refractivity contribution in [2.45, 2.75) is 38.0 Å². The molecule has 0 spiro atoms. The van der Waals surface area contributed by atoms with Gasteiger partial charge in [0.1, 0.15) is 0 Å². The maximum Gasteiger partial charge on any atom is 0.307 e. The van der Waals surface area contributed by atoms with E-state index in [1.165, 1.54) is 0 Å². The number of carboxylic acid groups (broad SMARTS) is 2. The van der Waals surface area contributed by atoms with Gasteiger partial charge in [-0.15, -0.1) is 0 Å². The van der Waals surface area contributed by atoms with Crippen molar-refractivity contribution < 1.29 is 29.3 Å². The minimum Gasteiger partial charge on any atom is -0.481 e. The Morgan fingerprint density at radius 3 is 2.23 bits per heavy atom. The normalized spacial score (nSPS) is 16.5. The van der Waals surface area contributed by atoms with Gasteiger partial charge in [-0.25, -0.2) is 0 Å². The fourth-order valence-corrected chi connectivity index (χ4v) is 4.95. The maximum absolute atomic E-state index is 12.6. The maximum atomic E-state index is 12.6. The molecular formula is C15H21O6P. The molecule has 1 aromatic rings. The van der Waals surface area contributed by atoms with Crippen LogP contribution in [0.2, 0.25) is 0 Å². The first-order chi connectivity index (χ1) is 10.3. The zero-order valence-corrected chi connectivity index (χ0v) is 13.3. The molecule has 0 aliphatic rings. The number of hydrogen-bond donors (Lipinski definition) is 3. The molecule has 0 aliphatic heterocycles. The first kappa shape index (κ1) is 18.4. The third-order valence-electron chi connectivity index (χ3n) is 3.64. The van der Waals surface area contributed by atoms with E-state index in [9.17, 15) is 24.2 Å². The summed E-state index contributed by atoms with van der Waals surface area (Å²) >= 11 is 0. The van der Waals surface area contributed by atoms with Gasteiger partial charge in [-0.2, -0.15) is 0 Å². The number of rotatable bonds is 9. The van der Waals surface area contributed by atoms with Crippen molar-refractivity contribution >= 4 is 19.3 Å². The van der Waals surface area contributed by atoms with Crippen LogP contribution < -0.4 is 0 Å². The van der Waals surface area contributed by atoms with Gasteiger partial charge in [0.15, 0.2) is 0 Å². The molecule has 0 radical (unpaired) electrons. The van der Waals surface area contributed by atoms with E-state index >= 15 is 0 Å². The number of aliphatic carboxylic acids is 2. The van der Waals surface area contributed by atoms with Crippen molar-refractivity contribution in [3.05, 3.63) is 35.9 Å². The van der Waals surface area contributed by atoms with Gasteiger partial charge < -0.3 is 15.1 Å². The second-order valence-electron chi connectivity index (χ2n) is 5.25. The fraction of sp³-hybridized carbons (Fsp3) is 0.467. The lowest BCUT2D eigenvalue weighted by Gasteiger charge is -2.27. The largest absolute Gasteiger partial charge is 0.481 e. The van der Waals surface area contributed by atoms with Crippen molar-refractivity contribution in [3.63, 3.8) is 0 Å². The number of carbonyl (C=O) groups is 2. The van der Waals surface area contributed by atoms with E-state index in [2.05, 4.69) is 0 Å². The third-order valence-corrected chi connectivity index (χ3v) is 6.22. The minimum absolute atomic E-state index is 0.108. The number of hydrogen-bond acceptors (Lipinski definition) is 3. The van der Waals surface area contributed by atoms with Crippen molar-refractivity contribution in [2.24, 2.45) is 5.92 Å². The van der Waals surface area contributed by atoms with Gasteiger partial charge in [-0.3, -0.25) is 14.2 Å². The molecule has 0 aromatic heterocycles. The Hall–Kier alpha value is -1.65. The van der Waals surface area contributed by atoms with Crippen LogP contribution in [0.3, 0.4) is 0 Å².